The van der Waals surface area contributed by atoms with Crippen LogP contribution < -0.4 is 5.32 Å². The Morgan fingerprint density at radius 1 is 1.70 bits per heavy atom. The monoisotopic (exact) mass is 163 g/mol. The highest BCUT2D eigenvalue weighted by Gasteiger charge is 2.39. The number of rotatable bonds is 2. The summed E-state index contributed by atoms with van der Waals surface area (Å²) in [6.07, 6.45) is 0.839. The Morgan fingerprint density at radius 2 is 2.40 bits per heavy atom. The van der Waals surface area contributed by atoms with Gasteiger partial charge in [-0.05, 0) is 13.0 Å². The maximum absolute atomic E-state index is 9.24. The van der Waals surface area contributed by atoms with Gasteiger partial charge in [-0.3, -0.25) is 0 Å². The molecule has 0 amide bonds. The minimum atomic E-state index is -1.53. The van der Waals surface area contributed by atoms with Crippen LogP contribution >= 0.6 is 11.8 Å². The molecule has 1 heterocycles. The molecule has 60 valence electrons. The summed E-state index contributed by atoms with van der Waals surface area (Å²) < 4.78 is 0. The first-order chi connectivity index (χ1) is 4.67. The zero-order chi connectivity index (χ0) is 7.61. The fourth-order valence-corrected chi connectivity index (χ4v) is 2.15. The molecular formula is C6H13NO2S. The maximum Gasteiger partial charge on any atom is 0.229 e. The van der Waals surface area contributed by atoms with Crippen molar-refractivity contribution in [1.82, 2.24) is 5.32 Å². The average molecular weight is 163 g/mol. The van der Waals surface area contributed by atoms with Crippen molar-refractivity contribution in [2.75, 3.05) is 12.3 Å². The number of thioether (sulfide) groups is 1. The van der Waals surface area contributed by atoms with Gasteiger partial charge >= 0.3 is 0 Å². The summed E-state index contributed by atoms with van der Waals surface area (Å²) in [5.41, 5.74) is 0. The van der Waals surface area contributed by atoms with Gasteiger partial charge in [0.05, 0.1) is 6.04 Å². The van der Waals surface area contributed by atoms with E-state index in [1.54, 1.807) is 0 Å². The van der Waals surface area contributed by atoms with Gasteiger partial charge in [0.25, 0.3) is 0 Å². The molecule has 1 rings (SSSR count). The van der Waals surface area contributed by atoms with Gasteiger partial charge in [0.15, 0.2) is 0 Å². The molecule has 3 nitrogen and oxygen atoms in total. The first-order valence-corrected chi connectivity index (χ1v) is 4.47. The van der Waals surface area contributed by atoms with E-state index in [-0.39, 0.29) is 6.04 Å². The number of hydrogen-bond donors (Lipinski definition) is 3. The summed E-state index contributed by atoms with van der Waals surface area (Å²) in [5.74, 6) is 0.824. The SMILES string of the molecule is CCNC1CCSC1(O)O. The smallest absolute Gasteiger partial charge is 0.229 e. The molecule has 1 atom stereocenters. The number of hydrogen-bond acceptors (Lipinski definition) is 4. The number of aliphatic hydroxyl groups is 2. The van der Waals surface area contributed by atoms with Crippen molar-refractivity contribution in [3.8, 4) is 0 Å². The molecule has 0 aliphatic carbocycles. The van der Waals surface area contributed by atoms with Crippen LogP contribution in [0, 0.1) is 0 Å². The third-order valence-corrected chi connectivity index (χ3v) is 2.77. The largest absolute Gasteiger partial charge is 0.356 e. The molecule has 1 saturated heterocycles. The fourth-order valence-electron chi connectivity index (χ4n) is 1.10. The van der Waals surface area contributed by atoms with Crippen molar-refractivity contribution in [3.05, 3.63) is 0 Å². The van der Waals surface area contributed by atoms with Crippen molar-refractivity contribution in [2.45, 2.75) is 24.5 Å². The molecule has 0 aromatic heterocycles. The van der Waals surface area contributed by atoms with Crippen LogP contribution in [-0.2, 0) is 0 Å². The molecule has 0 spiro atoms. The molecule has 0 aromatic rings. The molecule has 1 aliphatic rings. The first-order valence-electron chi connectivity index (χ1n) is 3.49. The lowest BCUT2D eigenvalue weighted by molar-refractivity contribution is -0.0960. The molecule has 1 aliphatic heterocycles. The van der Waals surface area contributed by atoms with E-state index < -0.39 is 5.12 Å². The average Bonchev–Trinajstić information content (AvgIpc) is 2.13. The predicted octanol–water partition coefficient (Wildman–Crippen LogP) is -0.260. The fraction of sp³-hybridized carbons (Fsp3) is 1.00. The van der Waals surface area contributed by atoms with Crippen LogP contribution in [0.15, 0.2) is 0 Å². The van der Waals surface area contributed by atoms with Crippen LogP contribution in [0.3, 0.4) is 0 Å². The van der Waals surface area contributed by atoms with Gasteiger partial charge in [-0.15, -0.1) is 0 Å². The molecule has 4 heteroatoms. The van der Waals surface area contributed by atoms with Crippen molar-refractivity contribution >= 4 is 11.8 Å². The van der Waals surface area contributed by atoms with E-state index in [0.29, 0.717) is 0 Å². The van der Waals surface area contributed by atoms with Gasteiger partial charge in [0, 0.05) is 5.75 Å². The normalized spacial score (nSPS) is 30.9. The van der Waals surface area contributed by atoms with Crippen LogP contribution in [0.5, 0.6) is 0 Å². The second-order valence-electron chi connectivity index (χ2n) is 2.41. The van der Waals surface area contributed by atoms with E-state index in [0.717, 1.165) is 18.7 Å². The summed E-state index contributed by atoms with van der Waals surface area (Å²) >= 11 is 1.20. The molecular weight excluding hydrogens is 150 g/mol. The Labute approximate surface area is 64.8 Å². The molecule has 1 unspecified atom stereocenters. The van der Waals surface area contributed by atoms with Crippen molar-refractivity contribution in [3.63, 3.8) is 0 Å². The Hall–Kier alpha value is 0.230. The highest BCUT2D eigenvalue weighted by Crippen LogP contribution is 2.33. The standard InChI is InChI=1S/C6H13NO2S/c1-2-7-5-3-4-10-6(5,8)9/h5,7-9H,2-4H2,1H3. The van der Waals surface area contributed by atoms with E-state index in [1.165, 1.54) is 11.8 Å². The summed E-state index contributed by atoms with van der Waals surface area (Å²) in [4.78, 5) is 0. The van der Waals surface area contributed by atoms with E-state index in [2.05, 4.69) is 5.32 Å². The van der Waals surface area contributed by atoms with Gasteiger partial charge in [0.1, 0.15) is 0 Å². The molecule has 0 radical (unpaired) electrons. The summed E-state index contributed by atoms with van der Waals surface area (Å²) in [6.45, 7) is 2.74. The van der Waals surface area contributed by atoms with Gasteiger partial charge in [-0.2, -0.15) is 0 Å². The van der Waals surface area contributed by atoms with E-state index in [1.807, 2.05) is 6.92 Å². The van der Waals surface area contributed by atoms with E-state index >= 15 is 0 Å². The van der Waals surface area contributed by atoms with Gasteiger partial charge in [-0.1, -0.05) is 18.7 Å². The molecule has 0 aromatic carbocycles. The van der Waals surface area contributed by atoms with Crippen LogP contribution in [0.2, 0.25) is 0 Å². The zero-order valence-corrected chi connectivity index (χ0v) is 6.82. The third-order valence-electron chi connectivity index (χ3n) is 1.63. The highest BCUT2D eigenvalue weighted by atomic mass is 32.2. The van der Waals surface area contributed by atoms with Crippen molar-refractivity contribution < 1.29 is 10.2 Å². The van der Waals surface area contributed by atoms with Crippen LogP contribution in [0.4, 0.5) is 0 Å². The lowest BCUT2D eigenvalue weighted by Crippen LogP contribution is -2.44. The maximum atomic E-state index is 9.24. The van der Waals surface area contributed by atoms with Gasteiger partial charge in [-0.25, -0.2) is 0 Å². The zero-order valence-electron chi connectivity index (χ0n) is 6.00. The van der Waals surface area contributed by atoms with Crippen molar-refractivity contribution in [2.24, 2.45) is 0 Å². The van der Waals surface area contributed by atoms with E-state index in [4.69, 9.17) is 0 Å². The quantitative estimate of drug-likeness (QED) is 0.491. The van der Waals surface area contributed by atoms with E-state index in [9.17, 15) is 10.2 Å². The summed E-state index contributed by atoms with van der Waals surface area (Å²) in [7, 11) is 0. The second-order valence-corrected chi connectivity index (χ2v) is 3.70. The van der Waals surface area contributed by atoms with Crippen LogP contribution in [-0.4, -0.2) is 33.7 Å². The minimum absolute atomic E-state index is 0.150. The predicted molar refractivity (Wildman–Crippen MR) is 41.7 cm³/mol. The summed E-state index contributed by atoms with van der Waals surface area (Å²) in [5, 5.41) is 20.0. The Balaban J connectivity index is 2.43. The second kappa shape index (κ2) is 3.09. The molecule has 0 bridgehead atoms. The lowest BCUT2D eigenvalue weighted by atomic mass is 10.2. The number of likely N-dealkylation sites (N-methyl/N-ethyl adjacent to an activating group) is 1. The molecule has 0 saturated carbocycles. The number of nitrogens with one attached hydrogen (secondary N) is 1. The Morgan fingerprint density at radius 3 is 2.80 bits per heavy atom. The Bertz CT molecular complexity index is 118. The van der Waals surface area contributed by atoms with Gasteiger partial charge in [0.2, 0.25) is 5.12 Å². The van der Waals surface area contributed by atoms with Crippen LogP contribution in [0.25, 0.3) is 0 Å². The molecule has 3 N–H and O–H groups in total. The van der Waals surface area contributed by atoms with Crippen molar-refractivity contribution in [1.29, 1.82) is 0 Å². The van der Waals surface area contributed by atoms with Crippen LogP contribution in [0.1, 0.15) is 13.3 Å². The molecule has 1 fully saturated rings. The lowest BCUT2D eigenvalue weighted by Gasteiger charge is -2.22. The highest BCUT2D eigenvalue weighted by molar-refractivity contribution is 8.00. The summed E-state index contributed by atoms with van der Waals surface area (Å²) in [6, 6.07) is -0.150. The Kier molecular flexibility index (Phi) is 2.57. The third kappa shape index (κ3) is 1.63. The topological polar surface area (TPSA) is 52.5 Å². The minimum Gasteiger partial charge on any atom is -0.356 e. The first kappa shape index (κ1) is 8.33. The molecule has 10 heavy (non-hydrogen) atoms. The van der Waals surface area contributed by atoms with Gasteiger partial charge < -0.3 is 15.5 Å².